The minimum Gasteiger partial charge on any atom is -0.256 e. The minimum absolute atomic E-state index is 0.341. The number of allylic oxidation sites excluding steroid dienone is 1. The van der Waals surface area contributed by atoms with Gasteiger partial charge in [-0.2, -0.15) is 0 Å². The second-order valence-electron chi connectivity index (χ2n) is 3.01. The van der Waals surface area contributed by atoms with Crippen molar-refractivity contribution in [3.05, 3.63) is 42.5 Å². The minimum atomic E-state index is 0.341. The van der Waals surface area contributed by atoms with E-state index in [4.69, 9.17) is 0 Å². The Hall–Kier alpha value is -0.640. The third-order valence-corrected chi connectivity index (χ3v) is 3.05. The number of aliphatic imine (C=N–C) groups is 1. The van der Waals surface area contributed by atoms with E-state index in [-0.39, 0.29) is 0 Å². The summed E-state index contributed by atoms with van der Waals surface area (Å²) < 4.78 is 0.975. The Bertz CT molecular complexity index is 368. The normalized spacial score (nSPS) is 19.5. The Morgan fingerprint density at radius 1 is 1.46 bits per heavy atom. The highest BCUT2D eigenvalue weighted by atomic mass is 127. The van der Waals surface area contributed by atoms with Gasteiger partial charge < -0.3 is 0 Å². The average Bonchev–Trinajstić information content (AvgIpc) is 2.55. The van der Waals surface area contributed by atoms with E-state index in [9.17, 15) is 0 Å². The lowest BCUT2D eigenvalue weighted by molar-refractivity contribution is 1.19. The van der Waals surface area contributed by atoms with Gasteiger partial charge in [0.2, 0.25) is 0 Å². The fourth-order valence-electron chi connectivity index (χ4n) is 1.63. The fourth-order valence-corrected chi connectivity index (χ4v) is 2.28. The largest absolute Gasteiger partial charge is 0.256 e. The maximum absolute atomic E-state index is 4.56. The van der Waals surface area contributed by atoms with Crippen LogP contribution in [-0.4, -0.2) is 10.1 Å². The molecule has 0 spiro atoms. The molecule has 1 heterocycles. The van der Waals surface area contributed by atoms with Gasteiger partial charge in [-0.1, -0.05) is 46.9 Å². The van der Waals surface area contributed by atoms with Gasteiger partial charge in [0.15, 0.2) is 0 Å². The van der Waals surface area contributed by atoms with Crippen LogP contribution in [0.3, 0.4) is 0 Å². The van der Waals surface area contributed by atoms with Crippen molar-refractivity contribution in [1.82, 2.24) is 0 Å². The van der Waals surface area contributed by atoms with Crippen LogP contribution < -0.4 is 0 Å². The van der Waals surface area contributed by atoms with E-state index in [2.05, 4.69) is 52.4 Å². The molecule has 0 bridgehead atoms. The second kappa shape index (κ2) is 3.62. The summed E-state index contributed by atoms with van der Waals surface area (Å²) in [7, 11) is 0. The van der Waals surface area contributed by atoms with E-state index in [1.807, 2.05) is 12.1 Å². The Kier molecular flexibility index (Phi) is 2.49. The lowest BCUT2D eigenvalue weighted by Gasteiger charge is -2.06. The number of alkyl halides is 1. The summed E-state index contributed by atoms with van der Waals surface area (Å²) >= 11 is 2.35. The number of para-hydroxylation sites is 1. The van der Waals surface area contributed by atoms with Gasteiger partial charge in [-0.3, -0.25) is 4.99 Å². The lowest BCUT2D eigenvalue weighted by atomic mass is 9.97. The highest BCUT2D eigenvalue weighted by Crippen LogP contribution is 2.36. The van der Waals surface area contributed by atoms with Crippen LogP contribution in [0.25, 0.3) is 0 Å². The Morgan fingerprint density at radius 3 is 2.92 bits per heavy atom. The zero-order chi connectivity index (χ0) is 9.26. The molecule has 13 heavy (non-hydrogen) atoms. The first-order valence-electron chi connectivity index (χ1n) is 4.21. The maximum Gasteiger partial charge on any atom is 0.0671 e. The summed E-state index contributed by atoms with van der Waals surface area (Å²) in [6.45, 7) is 3.86. The van der Waals surface area contributed by atoms with Gasteiger partial charge in [0.25, 0.3) is 0 Å². The number of benzene rings is 1. The van der Waals surface area contributed by atoms with Crippen molar-refractivity contribution in [2.24, 2.45) is 4.99 Å². The van der Waals surface area contributed by atoms with Crippen molar-refractivity contribution < 1.29 is 0 Å². The molecule has 0 saturated heterocycles. The summed E-state index contributed by atoms with van der Waals surface area (Å²) in [5.74, 6) is 0.341. The quantitative estimate of drug-likeness (QED) is 0.447. The van der Waals surface area contributed by atoms with Crippen LogP contribution in [0.1, 0.15) is 11.5 Å². The maximum atomic E-state index is 4.56. The molecule has 1 aromatic carbocycles. The van der Waals surface area contributed by atoms with Crippen molar-refractivity contribution in [1.29, 1.82) is 0 Å². The van der Waals surface area contributed by atoms with Crippen LogP contribution in [0.2, 0.25) is 0 Å². The van der Waals surface area contributed by atoms with E-state index in [1.165, 1.54) is 11.3 Å². The molecule has 2 rings (SSSR count). The van der Waals surface area contributed by atoms with Gasteiger partial charge in [0.1, 0.15) is 0 Å². The Balaban J connectivity index is 2.50. The predicted octanol–water partition coefficient (Wildman–Crippen LogP) is 3.48. The molecule has 1 aromatic rings. The molecule has 0 aliphatic carbocycles. The Morgan fingerprint density at radius 2 is 2.23 bits per heavy atom. The van der Waals surface area contributed by atoms with Crippen LogP contribution in [0, 0.1) is 0 Å². The molecule has 1 atom stereocenters. The first-order valence-corrected chi connectivity index (χ1v) is 5.74. The van der Waals surface area contributed by atoms with Crippen molar-refractivity contribution in [2.45, 2.75) is 5.92 Å². The highest BCUT2D eigenvalue weighted by molar-refractivity contribution is 14.1. The molecule has 66 valence electrons. The summed E-state index contributed by atoms with van der Waals surface area (Å²) in [6.07, 6.45) is 1.98. The lowest BCUT2D eigenvalue weighted by Crippen LogP contribution is -2.06. The van der Waals surface area contributed by atoms with Crippen molar-refractivity contribution in [2.75, 3.05) is 4.43 Å². The van der Waals surface area contributed by atoms with Gasteiger partial charge in [-0.25, -0.2) is 0 Å². The summed E-state index contributed by atoms with van der Waals surface area (Å²) in [5.41, 5.74) is 3.63. The monoisotopic (exact) mass is 283 g/mol. The molecule has 0 amide bonds. The van der Waals surface area contributed by atoms with Crippen LogP contribution in [-0.2, 0) is 0 Å². The second-order valence-corrected chi connectivity index (χ2v) is 3.77. The zero-order valence-electron chi connectivity index (χ0n) is 7.20. The molecule has 0 saturated carbocycles. The zero-order valence-corrected chi connectivity index (χ0v) is 9.36. The smallest absolute Gasteiger partial charge is 0.0671 e. The molecular formula is C11H10IN. The van der Waals surface area contributed by atoms with Gasteiger partial charge in [0.05, 0.1) is 5.69 Å². The van der Waals surface area contributed by atoms with Gasteiger partial charge in [-0.15, -0.1) is 6.58 Å². The Labute approximate surface area is 91.7 Å². The molecule has 2 heteroatoms. The first-order chi connectivity index (χ1) is 6.36. The van der Waals surface area contributed by atoms with Crippen LogP contribution in [0.5, 0.6) is 0 Å². The molecule has 0 N–H and O–H groups in total. The SMILES string of the molecule is C=CC1C(CI)=Nc2ccccc21. The third-order valence-electron chi connectivity index (χ3n) is 2.27. The topological polar surface area (TPSA) is 12.4 Å². The molecule has 0 fully saturated rings. The molecule has 1 aliphatic rings. The van der Waals surface area contributed by atoms with Crippen LogP contribution in [0.4, 0.5) is 5.69 Å². The van der Waals surface area contributed by atoms with E-state index in [0.29, 0.717) is 5.92 Å². The molecule has 0 radical (unpaired) electrons. The van der Waals surface area contributed by atoms with E-state index in [1.54, 1.807) is 0 Å². The van der Waals surface area contributed by atoms with E-state index in [0.717, 1.165) is 10.1 Å². The van der Waals surface area contributed by atoms with E-state index >= 15 is 0 Å². The molecule has 1 unspecified atom stereocenters. The number of nitrogens with zero attached hydrogens (tertiary/aromatic N) is 1. The molecule has 1 nitrogen and oxygen atoms in total. The summed E-state index contributed by atoms with van der Waals surface area (Å²) in [4.78, 5) is 4.56. The molecule has 0 aromatic heterocycles. The number of hydrogen-bond acceptors (Lipinski definition) is 1. The number of rotatable bonds is 2. The number of halogens is 1. The van der Waals surface area contributed by atoms with Crippen molar-refractivity contribution >= 4 is 34.0 Å². The van der Waals surface area contributed by atoms with Gasteiger partial charge in [0, 0.05) is 16.1 Å². The number of hydrogen-bond donors (Lipinski definition) is 0. The number of fused-ring (bicyclic) bond motifs is 1. The van der Waals surface area contributed by atoms with E-state index < -0.39 is 0 Å². The van der Waals surface area contributed by atoms with Crippen LogP contribution >= 0.6 is 22.6 Å². The van der Waals surface area contributed by atoms with Gasteiger partial charge in [-0.05, 0) is 11.6 Å². The predicted molar refractivity (Wildman–Crippen MR) is 65.4 cm³/mol. The van der Waals surface area contributed by atoms with Crippen molar-refractivity contribution in [3.63, 3.8) is 0 Å². The first kappa shape index (κ1) is 8.94. The molecular weight excluding hydrogens is 273 g/mol. The standard InChI is InChI=1S/C11H10IN/c1-2-8-9-5-3-4-6-10(9)13-11(8)7-12/h2-6,8H,1,7H2. The average molecular weight is 283 g/mol. The van der Waals surface area contributed by atoms with Gasteiger partial charge >= 0.3 is 0 Å². The summed E-state index contributed by atoms with van der Waals surface area (Å²) in [5, 5.41) is 0. The van der Waals surface area contributed by atoms with Crippen LogP contribution in [0.15, 0.2) is 41.9 Å². The summed E-state index contributed by atoms with van der Waals surface area (Å²) in [6, 6.07) is 8.27. The van der Waals surface area contributed by atoms with Crippen molar-refractivity contribution in [3.8, 4) is 0 Å². The third kappa shape index (κ3) is 1.43. The molecule has 1 aliphatic heterocycles. The fraction of sp³-hybridized carbons (Fsp3) is 0.182. The highest BCUT2D eigenvalue weighted by Gasteiger charge is 2.22.